The van der Waals surface area contributed by atoms with Gasteiger partial charge < -0.3 is 5.32 Å². The highest BCUT2D eigenvalue weighted by atomic mass is 79.9. The van der Waals surface area contributed by atoms with Gasteiger partial charge in [-0.2, -0.15) is 0 Å². The van der Waals surface area contributed by atoms with E-state index in [2.05, 4.69) is 35.1 Å². The molecule has 1 fully saturated rings. The summed E-state index contributed by atoms with van der Waals surface area (Å²) in [7, 11) is 0. The summed E-state index contributed by atoms with van der Waals surface area (Å²) in [5.41, 5.74) is 1.00. The fourth-order valence-electron chi connectivity index (χ4n) is 3.03. The number of benzene rings is 1. The minimum Gasteiger partial charge on any atom is -0.310 e. The molecular weight excluding hydrogens is 293 g/mol. The van der Waals surface area contributed by atoms with E-state index in [4.69, 9.17) is 0 Å². The van der Waals surface area contributed by atoms with Gasteiger partial charge in [0.1, 0.15) is 5.82 Å². The first-order valence-corrected chi connectivity index (χ1v) is 7.58. The highest BCUT2D eigenvalue weighted by molar-refractivity contribution is 9.10. The van der Waals surface area contributed by atoms with Crippen molar-refractivity contribution < 1.29 is 4.39 Å². The third kappa shape index (κ3) is 3.12. The van der Waals surface area contributed by atoms with E-state index in [0.717, 1.165) is 28.4 Å². The van der Waals surface area contributed by atoms with Crippen molar-refractivity contribution in [2.24, 2.45) is 11.8 Å². The molecule has 1 aliphatic rings. The topological polar surface area (TPSA) is 12.0 Å². The first-order valence-electron chi connectivity index (χ1n) is 6.79. The molecule has 18 heavy (non-hydrogen) atoms. The van der Waals surface area contributed by atoms with Crippen molar-refractivity contribution >= 4 is 15.9 Å². The fraction of sp³-hybridized carbons (Fsp3) is 0.600. The number of nitrogens with one attached hydrogen (secondary N) is 1. The van der Waals surface area contributed by atoms with Gasteiger partial charge in [0.15, 0.2) is 0 Å². The molecule has 2 rings (SSSR count). The van der Waals surface area contributed by atoms with Gasteiger partial charge in [0.05, 0.1) is 0 Å². The molecule has 0 aliphatic heterocycles. The second-order valence-electron chi connectivity index (χ2n) is 5.33. The highest BCUT2D eigenvalue weighted by Gasteiger charge is 2.30. The third-order valence-electron chi connectivity index (χ3n) is 4.31. The lowest BCUT2D eigenvalue weighted by Gasteiger charge is -2.21. The monoisotopic (exact) mass is 313 g/mol. The molecule has 3 heteroatoms. The van der Waals surface area contributed by atoms with Crippen molar-refractivity contribution in [1.29, 1.82) is 0 Å². The molecule has 3 unspecified atom stereocenters. The number of hydrogen-bond acceptors (Lipinski definition) is 1. The second-order valence-corrected chi connectivity index (χ2v) is 6.18. The Kier molecular flexibility index (Phi) is 4.79. The van der Waals surface area contributed by atoms with E-state index >= 15 is 0 Å². The highest BCUT2D eigenvalue weighted by Crippen LogP contribution is 2.34. The van der Waals surface area contributed by atoms with Crippen LogP contribution in [0.2, 0.25) is 0 Å². The van der Waals surface area contributed by atoms with Crippen molar-refractivity contribution in [2.75, 3.05) is 0 Å². The quantitative estimate of drug-likeness (QED) is 0.862. The van der Waals surface area contributed by atoms with Gasteiger partial charge in [0.2, 0.25) is 0 Å². The summed E-state index contributed by atoms with van der Waals surface area (Å²) >= 11 is 3.47. The number of rotatable bonds is 4. The Labute approximate surface area is 117 Å². The first-order chi connectivity index (χ1) is 8.61. The van der Waals surface area contributed by atoms with Crippen LogP contribution < -0.4 is 5.32 Å². The van der Waals surface area contributed by atoms with E-state index in [9.17, 15) is 4.39 Å². The molecule has 1 aromatic carbocycles. The van der Waals surface area contributed by atoms with E-state index in [-0.39, 0.29) is 5.82 Å². The van der Waals surface area contributed by atoms with E-state index < -0.39 is 0 Å². The molecule has 0 aromatic heterocycles. The van der Waals surface area contributed by atoms with E-state index in [0.29, 0.717) is 6.04 Å². The van der Waals surface area contributed by atoms with Gasteiger partial charge in [0.25, 0.3) is 0 Å². The molecular formula is C15H21BrFN. The lowest BCUT2D eigenvalue weighted by Crippen LogP contribution is -2.32. The first kappa shape index (κ1) is 14.0. The van der Waals surface area contributed by atoms with Crippen LogP contribution in [0.1, 0.15) is 38.7 Å². The third-order valence-corrected chi connectivity index (χ3v) is 5.09. The van der Waals surface area contributed by atoms with Gasteiger partial charge in [0, 0.05) is 17.1 Å². The van der Waals surface area contributed by atoms with Gasteiger partial charge in [-0.3, -0.25) is 0 Å². The Bertz CT molecular complexity index is 407. The van der Waals surface area contributed by atoms with E-state index in [1.54, 1.807) is 12.1 Å². The maximum absolute atomic E-state index is 13.2. The normalized spacial score (nSPS) is 27.7. The standard InChI is InChI=1S/C15H21BrFN/c1-3-11-4-7-15(10(11)2)18-9-12-8-13(17)5-6-14(12)16/h5-6,8,10-11,15,18H,3-4,7,9H2,1-2H3. The largest absolute Gasteiger partial charge is 0.310 e. The fourth-order valence-corrected chi connectivity index (χ4v) is 3.42. The minimum absolute atomic E-state index is 0.166. The number of hydrogen-bond donors (Lipinski definition) is 1. The van der Waals surface area contributed by atoms with Crippen LogP contribution >= 0.6 is 15.9 Å². The van der Waals surface area contributed by atoms with Gasteiger partial charge >= 0.3 is 0 Å². The van der Waals surface area contributed by atoms with Gasteiger partial charge in [-0.25, -0.2) is 4.39 Å². The van der Waals surface area contributed by atoms with Gasteiger partial charge in [-0.15, -0.1) is 0 Å². The zero-order valence-electron chi connectivity index (χ0n) is 11.0. The SMILES string of the molecule is CCC1CCC(NCc2cc(F)ccc2Br)C1C. The Morgan fingerprint density at radius 2 is 2.17 bits per heavy atom. The smallest absolute Gasteiger partial charge is 0.123 e. The van der Waals surface area contributed by atoms with Gasteiger partial charge in [-0.05, 0) is 48.4 Å². The maximum Gasteiger partial charge on any atom is 0.123 e. The van der Waals surface area contributed by atoms with E-state index in [1.807, 2.05) is 0 Å². The summed E-state index contributed by atoms with van der Waals surface area (Å²) in [5.74, 6) is 1.40. The van der Waals surface area contributed by atoms with E-state index in [1.165, 1.54) is 25.3 Å². The molecule has 1 saturated carbocycles. The minimum atomic E-state index is -0.166. The predicted octanol–water partition coefficient (Wildman–Crippen LogP) is 4.50. The summed E-state index contributed by atoms with van der Waals surface area (Å²) in [6, 6.07) is 5.44. The van der Waals surface area contributed by atoms with Crippen LogP contribution in [-0.4, -0.2) is 6.04 Å². The number of halogens is 2. The summed E-state index contributed by atoms with van der Waals surface area (Å²) in [6.45, 7) is 5.34. The van der Waals surface area contributed by atoms with Crippen LogP contribution in [0.15, 0.2) is 22.7 Å². The van der Waals surface area contributed by atoms with Crippen LogP contribution in [0.25, 0.3) is 0 Å². The summed E-state index contributed by atoms with van der Waals surface area (Å²) < 4.78 is 14.2. The lowest BCUT2D eigenvalue weighted by molar-refractivity contribution is 0.344. The van der Waals surface area contributed by atoms with Crippen LogP contribution in [0.4, 0.5) is 4.39 Å². The van der Waals surface area contributed by atoms with Crippen molar-refractivity contribution in [1.82, 2.24) is 5.32 Å². The van der Waals surface area contributed by atoms with Crippen molar-refractivity contribution in [3.63, 3.8) is 0 Å². The zero-order valence-corrected chi connectivity index (χ0v) is 12.6. The summed E-state index contributed by atoms with van der Waals surface area (Å²) in [4.78, 5) is 0. The van der Waals surface area contributed by atoms with Crippen molar-refractivity contribution in [3.8, 4) is 0 Å². The molecule has 0 amide bonds. The molecule has 0 bridgehead atoms. The van der Waals surface area contributed by atoms with Crippen molar-refractivity contribution in [3.05, 3.63) is 34.1 Å². The average Bonchev–Trinajstić information content (AvgIpc) is 2.71. The Balaban J connectivity index is 1.94. The Morgan fingerprint density at radius 3 is 2.83 bits per heavy atom. The molecule has 1 N–H and O–H groups in total. The molecule has 1 nitrogen and oxygen atoms in total. The summed E-state index contributed by atoms with van der Waals surface area (Å²) in [5, 5.41) is 3.58. The van der Waals surface area contributed by atoms with Gasteiger partial charge in [-0.1, -0.05) is 36.2 Å². The van der Waals surface area contributed by atoms with Crippen molar-refractivity contribution in [2.45, 2.75) is 45.7 Å². The van der Waals surface area contributed by atoms with Crippen LogP contribution in [0.3, 0.4) is 0 Å². The second kappa shape index (κ2) is 6.16. The zero-order chi connectivity index (χ0) is 13.1. The molecule has 0 heterocycles. The predicted molar refractivity (Wildman–Crippen MR) is 76.9 cm³/mol. The molecule has 0 radical (unpaired) electrons. The average molecular weight is 314 g/mol. The lowest BCUT2D eigenvalue weighted by atomic mass is 9.93. The molecule has 100 valence electrons. The summed E-state index contributed by atoms with van der Waals surface area (Å²) in [6.07, 6.45) is 3.83. The molecule has 0 saturated heterocycles. The Hall–Kier alpha value is -0.410. The maximum atomic E-state index is 13.2. The Morgan fingerprint density at radius 1 is 1.39 bits per heavy atom. The molecule has 3 atom stereocenters. The molecule has 1 aliphatic carbocycles. The molecule has 1 aromatic rings. The molecule has 0 spiro atoms. The van der Waals surface area contributed by atoms with Crippen LogP contribution in [0, 0.1) is 17.7 Å². The van der Waals surface area contributed by atoms with Crippen LogP contribution in [-0.2, 0) is 6.54 Å². The van der Waals surface area contributed by atoms with Crippen LogP contribution in [0.5, 0.6) is 0 Å².